The number of hydrogen-bond acceptors (Lipinski definition) is 3. The van der Waals surface area contributed by atoms with Gasteiger partial charge in [-0.3, -0.25) is 14.9 Å². The van der Waals surface area contributed by atoms with Crippen LogP contribution in [0.25, 0.3) is 0 Å². The van der Waals surface area contributed by atoms with Crippen molar-refractivity contribution < 1.29 is 14.4 Å². The van der Waals surface area contributed by atoms with E-state index in [0.717, 1.165) is 0 Å². The van der Waals surface area contributed by atoms with Gasteiger partial charge in [-0.05, 0) is 12.8 Å². The molecule has 94 valence electrons. The number of rotatable bonds is 0. The third-order valence-corrected chi connectivity index (χ3v) is 3.61. The molecule has 0 saturated carbocycles. The number of imide groups is 1. The average molecular weight is 239 g/mol. The first-order valence-electron chi connectivity index (χ1n) is 5.75. The molecule has 0 unspecified atom stereocenters. The first-order valence-corrected chi connectivity index (χ1v) is 5.75. The molecule has 4 amide bonds. The van der Waals surface area contributed by atoms with E-state index in [4.69, 9.17) is 0 Å². The molecule has 0 aromatic heterocycles. The maximum atomic E-state index is 11.7. The molecular weight excluding hydrogens is 222 g/mol. The molecule has 2 aliphatic heterocycles. The van der Waals surface area contributed by atoms with Gasteiger partial charge in [0, 0.05) is 33.6 Å². The molecule has 0 aliphatic carbocycles. The fraction of sp³-hybridized carbons (Fsp3) is 0.727. The van der Waals surface area contributed by atoms with Crippen LogP contribution in [-0.2, 0) is 9.59 Å². The van der Waals surface area contributed by atoms with E-state index in [9.17, 15) is 14.4 Å². The zero-order chi connectivity index (χ0) is 12.6. The van der Waals surface area contributed by atoms with Gasteiger partial charge in [0.2, 0.25) is 11.8 Å². The molecule has 6 nitrogen and oxygen atoms in total. The number of carbonyl (C=O) groups excluding carboxylic acids is 3. The summed E-state index contributed by atoms with van der Waals surface area (Å²) in [6, 6.07) is -0.0374. The van der Waals surface area contributed by atoms with Gasteiger partial charge in [0.1, 0.15) is 0 Å². The zero-order valence-corrected chi connectivity index (χ0v) is 10.2. The quantitative estimate of drug-likeness (QED) is 0.595. The highest BCUT2D eigenvalue weighted by molar-refractivity contribution is 6.05. The topological polar surface area (TPSA) is 69.7 Å². The summed E-state index contributed by atoms with van der Waals surface area (Å²) in [7, 11) is 3.41. The lowest BCUT2D eigenvalue weighted by atomic mass is 9.77. The summed E-state index contributed by atoms with van der Waals surface area (Å²) < 4.78 is 0. The Bertz CT molecular complexity index is 370. The Balaban J connectivity index is 2.01. The van der Waals surface area contributed by atoms with E-state index < -0.39 is 5.41 Å². The minimum Gasteiger partial charge on any atom is -0.331 e. The minimum absolute atomic E-state index is 0.0374. The Labute approximate surface area is 99.9 Å². The van der Waals surface area contributed by atoms with Gasteiger partial charge in [0.15, 0.2) is 0 Å². The molecule has 2 fully saturated rings. The fourth-order valence-electron chi connectivity index (χ4n) is 2.50. The van der Waals surface area contributed by atoms with E-state index in [0.29, 0.717) is 25.9 Å². The number of nitrogens with zero attached hydrogens (tertiary/aromatic N) is 2. The van der Waals surface area contributed by atoms with Crippen molar-refractivity contribution in [1.29, 1.82) is 0 Å². The Kier molecular flexibility index (Phi) is 2.81. The SMILES string of the molecule is CN(C)C(=O)N1CCC2(CC1)CC(=O)NC2=O. The van der Waals surface area contributed by atoms with Crippen molar-refractivity contribution in [3.8, 4) is 0 Å². The van der Waals surface area contributed by atoms with E-state index in [1.807, 2.05) is 0 Å². The van der Waals surface area contributed by atoms with Crippen LogP contribution < -0.4 is 5.32 Å². The molecule has 0 aromatic rings. The predicted molar refractivity (Wildman–Crippen MR) is 60.1 cm³/mol. The van der Waals surface area contributed by atoms with E-state index in [-0.39, 0.29) is 24.3 Å². The van der Waals surface area contributed by atoms with Crippen LogP contribution in [-0.4, -0.2) is 54.8 Å². The smallest absolute Gasteiger partial charge is 0.319 e. The van der Waals surface area contributed by atoms with Crippen LogP contribution in [0.2, 0.25) is 0 Å². The molecule has 1 N–H and O–H groups in total. The number of likely N-dealkylation sites (tertiary alicyclic amines) is 1. The van der Waals surface area contributed by atoms with E-state index >= 15 is 0 Å². The van der Waals surface area contributed by atoms with Gasteiger partial charge in [-0.1, -0.05) is 0 Å². The van der Waals surface area contributed by atoms with Crippen molar-refractivity contribution in [1.82, 2.24) is 15.1 Å². The van der Waals surface area contributed by atoms with Gasteiger partial charge < -0.3 is 9.80 Å². The monoisotopic (exact) mass is 239 g/mol. The highest BCUT2D eigenvalue weighted by Crippen LogP contribution is 2.38. The Hall–Kier alpha value is -1.59. The molecule has 0 atom stereocenters. The largest absolute Gasteiger partial charge is 0.331 e. The van der Waals surface area contributed by atoms with Gasteiger partial charge in [0.05, 0.1) is 5.41 Å². The fourth-order valence-corrected chi connectivity index (χ4v) is 2.50. The molecule has 0 radical (unpaired) electrons. The van der Waals surface area contributed by atoms with Crippen LogP contribution in [0.1, 0.15) is 19.3 Å². The van der Waals surface area contributed by atoms with Crippen molar-refractivity contribution >= 4 is 17.8 Å². The summed E-state index contributed by atoms with van der Waals surface area (Å²) in [5.74, 6) is -0.359. The lowest BCUT2D eigenvalue weighted by molar-refractivity contribution is -0.130. The van der Waals surface area contributed by atoms with Crippen molar-refractivity contribution in [2.75, 3.05) is 27.2 Å². The maximum Gasteiger partial charge on any atom is 0.319 e. The maximum absolute atomic E-state index is 11.7. The van der Waals surface area contributed by atoms with Crippen LogP contribution in [0.15, 0.2) is 0 Å². The minimum atomic E-state index is -0.555. The second-order valence-electron chi connectivity index (χ2n) is 5.00. The first-order chi connectivity index (χ1) is 7.94. The predicted octanol–water partition coefficient (Wildman–Crippen LogP) is -0.203. The third kappa shape index (κ3) is 1.99. The summed E-state index contributed by atoms with van der Waals surface area (Å²) in [5, 5.41) is 2.35. The van der Waals surface area contributed by atoms with Crippen molar-refractivity contribution in [3.05, 3.63) is 0 Å². The Morgan fingerprint density at radius 2 is 1.88 bits per heavy atom. The van der Waals surface area contributed by atoms with E-state index in [2.05, 4.69) is 5.32 Å². The van der Waals surface area contributed by atoms with E-state index in [1.54, 1.807) is 19.0 Å². The molecule has 2 saturated heterocycles. The van der Waals surface area contributed by atoms with Gasteiger partial charge in [0.25, 0.3) is 0 Å². The molecule has 1 spiro atoms. The first kappa shape index (κ1) is 11.9. The van der Waals surface area contributed by atoms with Crippen LogP contribution in [0.3, 0.4) is 0 Å². The molecule has 2 heterocycles. The van der Waals surface area contributed by atoms with Crippen LogP contribution in [0, 0.1) is 5.41 Å². The average Bonchev–Trinajstić information content (AvgIpc) is 2.54. The highest BCUT2D eigenvalue weighted by atomic mass is 16.2. The number of piperidine rings is 1. The molecule has 2 aliphatic rings. The summed E-state index contributed by atoms with van der Waals surface area (Å²) >= 11 is 0. The lowest BCUT2D eigenvalue weighted by Crippen LogP contribution is -2.48. The number of urea groups is 1. The molecule has 17 heavy (non-hydrogen) atoms. The van der Waals surface area contributed by atoms with Crippen LogP contribution in [0.5, 0.6) is 0 Å². The third-order valence-electron chi connectivity index (χ3n) is 3.61. The summed E-state index contributed by atoms with van der Waals surface area (Å²) in [5.41, 5.74) is -0.555. The molecule has 2 rings (SSSR count). The molecular formula is C11H17N3O3. The van der Waals surface area contributed by atoms with Crippen LogP contribution in [0.4, 0.5) is 4.79 Å². The molecule has 0 bridgehead atoms. The zero-order valence-electron chi connectivity index (χ0n) is 10.2. The highest BCUT2D eigenvalue weighted by Gasteiger charge is 2.48. The van der Waals surface area contributed by atoms with Gasteiger partial charge >= 0.3 is 6.03 Å². The summed E-state index contributed by atoms with van der Waals surface area (Å²) in [6.07, 6.45) is 1.42. The lowest BCUT2D eigenvalue weighted by Gasteiger charge is -2.37. The van der Waals surface area contributed by atoms with Crippen molar-refractivity contribution in [3.63, 3.8) is 0 Å². The molecule has 6 heteroatoms. The second-order valence-corrected chi connectivity index (χ2v) is 5.00. The normalized spacial score (nSPS) is 22.8. The summed E-state index contributed by atoms with van der Waals surface area (Å²) in [6.45, 7) is 1.08. The second kappa shape index (κ2) is 4.01. The Morgan fingerprint density at radius 3 is 2.29 bits per heavy atom. The van der Waals surface area contributed by atoms with Crippen molar-refractivity contribution in [2.45, 2.75) is 19.3 Å². The van der Waals surface area contributed by atoms with Crippen molar-refractivity contribution in [2.24, 2.45) is 5.41 Å². The van der Waals surface area contributed by atoms with E-state index in [1.165, 1.54) is 4.90 Å². The van der Waals surface area contributed by atoms with Gasteiger partial charge in [-0.15, -0.1) is 0 Å². The summed E-state index contributed by atoms with van der Waals surface area (Å²) in [4.78, 5) is 37.9. The van der Waals surface area contributed by atoms with Gasteiger partial charge in [-0.2, -0.15) is 0 Å². The Morgan fingerprint density at radius 1 is 1.29 bits per heavy atom. The number of nitrogens with one attached hydrogen (secondary N) is 1. The number of hydrogen-bond donors (Lipinski definition) is 1. The number of amides is 4. The number of carbonyl (C=O) groups is 3. The van der Waals surface area contributed by atoms with Crippen LogP contribution >= 0.6 is 0 Å². The van der Waals surface area contributed by atoms with Gasteiger partial charge in [-0.25, -0.2) is 4.79 Å². The molecule has 0 aromatic carbocycles. The standard InChI is InChI=1S/C11H17N3O3/c1-13(2)10(17)14-5-3-11(4-6-14)7-8(15)12-9(11)16/h3-7H2,1-2H3,(H,12,15,16).